The number of esters is 1. The number of sulfonamides is 1. The van der Waals surface area contributed by atoms with Crippen LogP contribution in [0.3, 0.4) is 0 Å². The van der Waals surface area contributed by atoms with Gasteiger partial charge in [0.1, 0.15) is 0 Å². The van der Waals surface area contributed by atoms with Gasteiger partial charge in [-0.05, 0) is 19.3 Å². The molecule has 0 aliphatic carbocycles. The van der Waals surface area contributed by atoms with Crippen LogP contribution >= 0.6 is 0 Å². The number of rotatable bonds is 10. The van der Waals surface area contributed by atoms with Crippen LogP contribution in [0.15, 0.2) is 0 Å². The number of carbonyl (C=O) groups is 3. The zero-order valence-electron chi connectivity index (χ0n) is 17.9. The maximum absolute atomic E-state index is 12.7. The van der Waals surface area contributed by atoms with Gasteiger partial charge in [0.25, 0.3) is 5.91 Å². The number of hydrogen-bond donors (Lipinski definition) is 2. The zero-order valence-corrected chi connectivity index (χ0v) is 18.7. The highest BCUT2D eigenvalue weighted by atomic mass is 32.2. The number of epoxide rings is 1. The smallest absolute Gasteiger partial charge is 0.338 e. The molecule has 2 amide bonds. The van der Waals surface area contributed by atoms with Crippen LogP contribution in [-0.2, 0) is 33.9 Å². The molecule has 2 aliphatic rings. The average Bonchev–Trinajstić information content (AvgIpc) is 3.49. The van der Waals surface area contributed by atoms with E-state index in [9.17, 15) is 22.8 Å². The van der Waals surface area contributed by atoms with E-state index in [2.05, 4.69) is 10.6 Å². The Morgan fingerprint density at radius 1 is 1.30 bits per heavy atom. The van der Waals surface area contributed by atoms with E-state index in [1.165, 1.54) is 19.0 Å². The molecule has 0 aromatic heterocycles. The van der Waals surface area contributed by atoms with Gasteiger partial charge in [-0.2, -0.15) is 0 Å². The molecule has 2 fully saturated rings. The first-order valence-electron chi connectivity index (χ1n) is 10.1. The molecular weight excluding hydrogens is 416 g/mol. The summed E-state index contributed by atoms with van der Waals surface area (Å²) in [6.07, 6.45) is -0.947. The summed E-state index contributed by atoms with van der Waals surface area (Å²) in [6.45, 7) is 5.16. The topological polar surface area (TPSA) is 138 Å². The fourth-order valence-corrected chi connectivity index (χ4v) is 4.61. The lowest BCUT2D eigenvalue weighted by atomic mass is 10.0. The molecule has 0 saturated carbocycles. The predicted molar refractivity (Wildman–Crippen MR) is 108 cm³/mol. The highest BCUT2D eigenvalue weighted by Crippen LogP contribution is 2.23. The SMILES string of the molecule is CCOC(=O)C1O[C@@H]1C(=O)NCC[C@H](C)CC(=O)N1CCNC[C@@H]1S(=O)(=O)N(C)C. The van der Waals surface area contributed by atoms with E-state index in [-0.39, 0.29) is 37.3 Å². The molecule has 0 aromatic rings. The van der Waals surface area contributed by atoms with Gasteiger partial charge in [0.2, 0.25) is 15.9 Å². The lowest BCUT2D eigenvalue weighted by Gasteiger charge is -2.37. The van der Waals surface area contributed by atoms with Crippen molar-refractivity contribution < 1.29 is 32.3 Å². The molecule has 2 aliphatic heterocycles. The van der Waals surface area contributed by atoms with E-state index in [1.54, 1.807) is 6.92 Å². The molecule has 1 unspecified atom stereocenters. The van der Waals surface area contributed by atoms with Gasteiger partial charge in [-0.25, -0.2) is 17.5 Å². The third-order valence-corrected chi connectivity index (χ3v) is 7.22. The molecule has 2 heterocycles. The first kappa shape index (κ1) is 24.5. The highest BCUT2D eigenvalue weighted by molar-refractivity contribution is 7.89. The van der Waals surface area contributed by atoms with Crippen LogP contribution in [0.25, 0.3) is 0 Å². The molecule has 2 N–H and O–H groups in total. The molecule has 0 radical (unpaired) electrons. The summed E-state index contributed by atoms with van der Waals surface area (Å²) in [4.78, 5) is 37.6. The summed E-state index contributed by atoms with van der Waals surface area (Å²) >= 11 is 0. The maximum Gasteiger partial charge on any atom is 0.338 e. The monoisotopic (exact) mass is 448 g/mol. The molecule has 11 nitrogen and oxygen atoms in total. The van der Waals surface area contributed by atoms with Crippen LogP contribution in [0.1, 0.15) is 26.7 Å². The van der Waals surface area contributed by atoms with Crippen LogP contribution in [0.2, 0.25) is 0 Å². The Balaban J connectivity index is 1.77. The first-order valence-corrected chi connectivity index (χ1v) is 11.6. The molecular formula is C18H32N4O7S. The number of ether oxygens (including phenoxy) is 2. The van der Waals surface area contributed by atoms with E-state index in [0.717, 1.165) is 4.31 Å². The molecule has 4 atom stereocenters. The standard InChI is InChI=1S/C18H32N4O7S/c1-5-28-18(25)16-15(29-16)17(24)20-7-6-12(2)10-13(23)22-9-8-19-11-14(22)30(26,27)21(3)4/h12,14-16,19H,5-11H2,1-4H3,(H,20,24)/t12-,14-,15-,16?/m0/s1. The Kier molecular flexibility index (Phi) is 8.59. The van der Waals surface area contributed by atoms with Gasteiger partial charge in [-0.1, -0.05) is 6.92 Å². The summed E-state index contributed by atoms with van der Waals surface area (Å²) in [7, 11) is -0.705. The first-order chi connectivity index (χ1) is 14.1. The third-order valence-electron chi connectivity index (χ3n) is 5.10. The van der Waals surface area contributed by atoms with Gasteiger partial charge in [-0.15, -0.1) is 0 Å². The molecule has 0 aromatic carbocycles. The normalized spacial score (nSPS) is 25.0. The Bertz CT molecular complexity index is 743. The number of nitrogens with one attached hydrogen (secondary N) is 2. The second-order valence-electron chi connectivity index (χ2n) is 7.69. The second kappa shape index (κ2) is 10.5. The van der Waals surface area contributed by atoms with Gasteiger partial charge in [0, 0.05) is 46.7 Å². The number of hydrogen-bond acceptors (Lipinski definition) is 8. The fourth-order valence-electron chi connectivity index (χ4n) is 3.25. The second-order valence-corrected chi connectivity index (χ2v) is 10.00. The number of carbonyl (C=O) groups excluding carboxylic acids is 3. The summed E-state index contributed by atoms with van der Waals surface area (Å²) in [5.41, 5.74) is 0. The average molecular weight is 449 g/mol. The van der Waals surface area contributed by atoms with Crippen LogP contribution in [0.4, 0.5) is 0 Å². The van der Waals surface area contributed by atoms with Crippen LogP contribution in [0, 0.1) is 5.92 Å². The van der Waals surface area contributed by atoms with Crippen molar-refractivity contribution in [1.82, 2.24) is 19.8 Å². The van der Waals surface area contributed by atoms with Crippen molar-refractivity contribution in [2.75, 3.05) is 46.9 Å². The van der Waals surface area contributed by atoms with E-state index in [0.29, 0.717) is 26.1 Å². The van der Waals surface area contributed by atoms with Gasteiger partial charge in [0.15, 0.2) is 17.6 Å². The van der Waals surface area contributed by atoms with Gasteiger partial charge < -0.3 is 25.0 Å². The molecule has 2 rings (SSSR count). The Hall–Kier alpha value is -1.76. The minimum atomic E-state index is -3.61. The lowest BCUT2D eigenvalue weighted by Crippen LogP contribution is -2.59. The van der Waals surface area contributed by atoms with E-state index >= 15 is 0 Å². The minimum Gasteiger partial charge on any atom is -0.464 e. The molecule has 0 bridgehead atoms. The van der Waals surface area contributed by atoms with Crippen LogP contribution in [-0.4, -0.2) is 99.9 Å². The van der Waals surface area contributed by atoms with E-state index in [1.807, 2.05) is 6.92 Å². The minimum absolute atomic E-state index is 0.0589. The van der Waals surface area contributed by atoms with Crippen molar-refractivity contribution in [2.24, 2.45) is 5.92 Å². The van der Waals surface area contributed by atoms with Crippen LogP contribution < -0.4 is 10.6 Å². The molecule has 2 saturated heterocycles. The van der Waals surface area contributed by atoms with Gasteiger partial charge in [-0.3, -0.25) is 9.59 Å². The molecule has 12 heteroatoms. The van der Waals surface area contributed by atoms with Crippen molar-refractivity contribution in [3.8, 4) is 0 Å². The van der Waals surface area contributed by atoms with Crippen molar-refractivity contribution >= 4 is 27.8 Å². The largest absolute Gasteiger partial charge is 0.464 e. The number of amides is 2. The van der Waals surface area contributed by atoms with Crippen molar-refractivity contribution in [1.29, 1.82) is 0 Å². The van der Waals surface area contributed by atoms with Crippen molar-refractivity contribution in [3.63, 3.8) is 0 Å². The summed E-state index contributed by atoms with van der Waals surface area (Å²) < 4.78 is 36.0. The van der Waals surface area contributed by atoms with E-state index < -0.39 is 33.6 Å². The number of nitrogens with zero attached hydrogens (tertiary/aromatic N) is 2. The summed E-state index contributed by atoms with van der Waals surface area (Å²) in [5, 5.41) is 4.80. The zero-order chi connectivity index (χ0) is 22.5. The van der Waals surface area contributed by atoms with E-state index in [4.69, 9.17) is 9.47 Å². The highest BCUT2D eigenvalue weighted by Gasteiger charge is 2.51. The third kappa shape index (κ3) is 6.13. The summed E-state index contributed by atoms with van der Waals surface area (Å²) in [6, 6.07) is 0. The maximum atomic E-state index is 12.7. The summed E-state index contributed by atoms with van der Waals surface area (Å²) in [5.74, 6) is -1.21. The Morgan fingerprint density at radius 3 is 2.63 bits per heavy atom. The fraction of sp³-hybridized carbons (Fsp3) is 0.833. The number of piperazine rings is 1. The quantitative estimate of drug-likeness (QED) is 0.304. The Morgan fingerprint density at radius 2 is 2.00 bits per heavy atom. The Labute approximate surface area is 177 Å². The molecule has 172 valence electrons. The van der Waals surface area contributed by atoms with Gasteiger partial charge >= 0.3 is 5.97 Å². The van der Waals surface area contributed by atoms with Crippen molar-refractivity contribution in [3.05, 3.63) is 0 Å². The van der Waals surface area contributed by atoms with Crippen LogP contribution in [0.5, 0.6) is 0 Å². The van der Waals surface area contributed by atoms with Gasteiger partial charge in [0.05, 0.1) is 6.61 Å². The lowest BCUT2D eigenvalue weighted by molar-refractivity contribution is -0.144. The van der Waals surface area contributed by atoms with Crippen molar-refractivity contribution in [2.45, 2.75) is 44.3 Å². The molecule has 0 spiro atoms. The predicted octanol–water partition coefficient (Wildman–Crippen LogP) is -1.50. The molecule has 30 heavy (non-hydrogen) atoms.